The van der Waals surface area contributed by atoms with Gasteiger partial charge >= 0.3 is 0 Å². The largest absolute Gasteiger partial charge is 0.399 e. The van der Waals surface area contributed by atoms with Crippen molar-refractivity contribution in [2.75, 3.05) is 5.73 Å². The summed E-state index contributed by atoms with van der Waals surface area (Å²) >= 11 is 0. The highest BCUT2D eigenvalue weighted by Gasteiger charge is 2.11. The SMILES string of the molecule is Cc1ccnc2nc(-c3ccc(N)cc3F)[nH]c12. The summed E-state index contributed by atoms with van der Waals surface area (Å²) in [5, 5.41) is 0. The van der Waals surface area contributed by atoms with E-state index in [0.29, 0.717) is 22.7 Å². The highest BCUT2D eigenvalue weighted by Crippen LogP contribution is 2.24. The highest BCUT2D eigenvalue weighted by atomic mass is 19.1. The molecule has 3 rings (SSSR count). The summed E-state index contributed by atoms with van der Waals surface area (Å²) in [7, 11) is 0. The molecule has 4 nitrogen and oxygen atoms in total. The molecule has 0 radical (unpaired) electrons. The van der Waals surface area contributed by atoms with Crippen LogP contribution in [0.2, 0.25) is 0 Å². The molecule has 3 N–H and O–H groups in total. The van der Waals surface area contributed by atoms with E-state index in [1.807, 2.05) is 13.0 Å². The van der Waals surface area contributed by atoms with Gasteiger partial charge in [-0.05, 0) is 36.8 Å². The van der Waals surface area contributed by atoms with Crippen LogP contribution in [0.3, 0.4) is 0 Å². The minimum Gasteiger partial charge on any atom is -0.399 e. The maximum Gasteiger partial charge on any atom is 0.178 e. The van der Waals surface area contributed by atoms with Crippen molar-refractivity contribution in [2.24, 2.45) is 0 Å². The third-order valence-corrected chi connectivity index (χ3v) is 2.85. The Morgan fingerprint density at radius 3 is 2.83 bits per heavy atom. The lowest BCUT2D eigenvalue weighted by molar-refractivity contribution is 0.631. The second-order valence-electron chi connectivity index (χ2n) is 4.15. The maximum atomic E-state index is 13.8. The third-order valence-electron chi connectivity index (χ3n) is 2.85. The van der Waals surface area contributed by atoms with Crippen LogP contribution in [0.15, 0.2) is 30.5 Å². The standard InChI is InChI=1S/C13H11FN4/c1-7-4-5-16-13-11(7)17-12(18-13)9-3-2-8(15)6-10(9)14/h2-6H,15H2,1H3,(H,16,17,18). The average molecular weight is 242 g/mol. The number of hydrogen-bond donors (Lipinski definition) is 2. The van der Waals surface area contributed by atoms with Crippen LogP contribution >= 0.6 is 0 Å². The van der Waals surface area contributed by atoms with E-state index in [4.69, 9.17) is 5.73 Å². The quantitative estimate of drug-likeness (QED) is 0.644. The number of rotatable bonds is 1. The zero-order valence-electron chi connectivity index (χ0n) is 9.74. The molecule has 5 heteroatoms. The lowest BCUT2D eigenvalue weighted by atomic mass is 10.2. The Hall–Kier alpha value is -2.43. The second kappa shape index (κ2) is 3.80. The fourth-order valence-electron chi connectivity index (χ4n) is 1.89. The molecule has 0 aliphatic heterocycles. The molecule has 0 aliphatic rings. The predicted molar refractivity (Wildman–Crippen MR) is 68.4 cm³/mol. The summed E-state index contributed by atoms with van der Waals surface area (Å²) < 4.78 is 13.8. The first kappa shape index (κ1) is 10.7. The van der Waals surface area contributed by atoms with Gasteiger partial charge in [0.05, 0.1) is 11.1 Å². The number of H-pyrrole nitrogens is 1. The van der Waals surface area contributed by atoms with Crippen LogP contribution in [0.25, 0.3) is 22.6 Å². The van der Waals surface area contributed by atoms with Crippen molar-refractivity contribution in [1.29, 1.82) is 0 Å². The topological polar surface area (TPSA) is 67.6 Å². The number of nitrogen functional groups attached to an aromatic ring is 1. The summed E-state index contributed by atoms with van der Waals surface area (Å²) in [5.41, 5.74) is 8.73. The van der Waals surface area contributed by atoms with Gasteiger partial charge in [-0.3, -0.25) is 0 Å². The molecular weight excluding hydrogens is 231 g/mol. The van der Waals surface area contributed by atoms with E-state index in [0.717, 1.165) is 11.1 Å². The molecule has 0 saturated heterocycles. The van der Waals surface area contributed by atoms with E-state index in [-0.39, 0.29) is 0 Å². The van der Waals surface area contributed by atoms with Crippen molar-refractivity contribution >= 4 is 16.9 Å². The number of aromatic nitrogens is 3. The first-order valence-electron chi connectivity index (χ1n) is 5.52. The van der Waals surface area contributed by atoms with Crippen LogP contribution in [-0.4, -0.2) is 15.0 Å². The molecule has 0 spiro atoms. The zero-order valence-corrected chi connectivity index (χ0v) is 9.74. The van der Waals surface area contributed by atoms with Gasteiger partial charge < -0.3 is 10.7 Å². The van der Waals surface area contributed by atoms with Gasteiger partial charge in [0.2, 0.25) is 0 Å². The molecule has 0 unspecified atom stereocenters. The summed E-state index contributed by atoms with van der Waals surface area (Å²) in [4.78, 5) is 11.5. The Bertz CT molecular complexity index is 733. The van der Waals surface area contributed by atoms with Gasteiger partial charge in [-0.2, -0.15) is 0 Å². The number of nitrogens with one attached hydrogen (secondary N) is 1. The normalized spacial score (nSPS) is 11.0. The molecule has 18 heavy (non-hydrogen) atoms. The van der Waals surface area contributed by atoms with Crippen molar-refractivity contribution in [3.05, 3.63) is 41.8 Å². The minimum absolute atomic E-state index is 0.390. The van der Waals surface area contributed by atoms with Gasteiger partial charge in [0.1, 0.15) is 11.6 Å². The Morgan fingerprint density at radius 2 is 2.11 bits per heavy atom. The van der Waals surface area contributed by atoms with Crippen LogP contribution in [-0.2, 0) is 0 Å². The molecule has 0 amide bonds. The third kappa shape index (κ3) is 1.60. The van der Waals surface area contributed by atoms with Gasteiger partial charge in [0.25, 0.3) is 0 Å². The lowest BCUT2D eigenvalue weighted by Gasteiger charge is -2.00. The van der Waals surface area contributed by atoms with Gasteiger partial charge in [0.15, 0.2) is 5.65 Å². The first-order chi connectivity index (χ1) is 8.65. The van der Waals surface area contributed by atoms with Crippen molar-refractivity contribution in [2.45, 2.75) is 6.92 Å². The van der Waals surface area contributed by atoms with Crippen molar-refractivity contribution < 1.29 is 4.39 Å². The summed E-state index contributed by atoms with van der Waals surface area (Å²) in [6.07, 6.45) is 1.68. The molecule has 90 valence electrons. The second-order valence-corrected chi connectivity index (χ2v) is 4.15. The molecule has 0 atom stereocenters. The Kier molecular flexibility index (Phi) is 2.26. The number of pyridine rings is 1. The van der Waals surface area contributed by atoms with Crippen LogP contribution in [0.1, 0.15) is 5.56 Å². The summed E-state index contributed by atoms with van der Waals surface area (Å²) in [5.74, 6) is 0.0657. The van der Waals surface area contributed by atoms with Crippen LogP contribution < -0.4 is 5.73 Å². The molecule has 1 aromatic carbocycles. The summed E-state index contributed by atoms with van der Waals surface area (Å²) in [6.45, 7) is 1.95. The minimum atomic E-state index is -0.397. The van der Waals surface area contributed by atoms with Crippen molar-refractivity contribution in [3.63, 3.8) is 0 Å². The van der Waals surface area contributed by atoms with Crippen molar-refractivity contribution in [1.82, 2.24) is 15.0 Å². The Labute approximate surface area is 103 Å². The number of nitrogens with two attached hydrogens (primary N) is 1. The molecule has 0 fully saturated rings. The number of fused-ring (bicyclic) bond motifs is 1. The number of imidazole rings is 1. The smallest absolute Gasteiger partial charge is 0.178 e. The number of halogens is 1. The fourth-order valence-corrected chi connectivity index (χ4v) is 1.89. The number of nitrogens with zero attached hydrogens (tertiary/aromatic N) is 2. The predicted octanol–water partition coefficient (Wildman–Crippen LogP) is 2.65. The van der Waals surface area contributed by atoms with E-state index < -0.39 is 5.82 Å². The zero-order chi connectivity index (χ0) is 12.7. The Balaban J connectivity index is 2.23. The first-order valence-corrected chi connectivity index (χ1v) is 5.52. The molecule has 0 bridgehead atoms. The number of benzene rings is 1. The molecule has 0 saturated carbocycles. The van der Waals surface area contributed by atoms with Crippen LogP contribution in [0.4, 0.5) is 10.1 Å². The lowest BCUT2D eigenvalue weighted by Crippen LogP contribution is -1.90. The monoisotopic (exact) mass is 242 g/mol. The van der Waals surface area contributed by atoms with Crippen molar-refractivity contribution in [3.8, 4) is 11.4 Å². The van der Waals surface area contributed by atoms with E-state index >= 15 is 0 Å². The number of hydrogen-bond acceptors (Lipinski definition) is 3. The number of aromatic amines is 1. The average Bonchev–Trinajstić information content (AvgIpc) is 2.74. The van der Waals surface area contributed by atoms with Gasteiger partial charge in [-0.15, -0.1) is 0 Å². The molecule has 0 aliphatic carbocycles. The van der Waals surface area contributed by atoms with Crippen LogP contribution in [0, 0.1) is 12.7 Å². The molecule has 3 aromatic rings. The Morgan fingerprint density at radius 1 is 1.28 bits per heavy atom. The molecule has 2 aromatic heterocycles. The van der Waals surface area contributed by atoms with E-state index in [1.165, 1.54) is 6.07 Å². The van der Waals surface area contributed by atoms with Crippen LogP contribution in [0.5, 0.6) is 0 Å². The number of anilines is 1. The molecular formula is C13H11FN4. The molecule has 2 heterocycles. The van der Waals surface area contributed by atoms with Gasteiger partial charge in [-0.25, -0.2) is 14.4 Å². The highest BCUT2D eigenvalue weighted by molar-refractivity contribution is 5.79. The fraction of sp³-hybridized carbons (Fsp3) is 0.0769. The van der Waals surface area contributed by atoms with E-state index in [1.54, 1.807) is 18.3 Å². The maximum absolute atomic E-state index is 13.8. The van der Waals surface area contributed by atoms with E-state index in [9.17, 15) is 4.39 Å². The summed E-state index contributed by atoms with van der Waals surface area (Å²) in [6, 6.07) is 6.41. The number of aryl methyl sites for hydroxylation is 1. The van der Waals surface area contributed by atoms with E-state index in [2.05, 4.69) is 15.0 Å². The van der Waals surface area contributed by atoms with Gasteiger partial charge in [-0.1, -0.05) is 0 Å². The van der Waals surface area contributed by atoms with Gasteiger partial charge in [0, 0.05) is 11.9 Å².